The molecule has 0 bridgehead atoms. The van der Waals surface area contributed by atoms with E-state index in [1.807, 2.05) is 27.7 Å². The molecule has 0 unspecified atom stereocenters. The van der Waals surface area contributed by atoms with Gasteiger partial charge in [0.15, 0.2) is 11.5 Å². The van der Waals surface area contributed by atoms with E-state index in [1.54, 1.807) is 19.1 Å². The Morgan fingerprint density at radius 3 is 1.33 bits per heavy atom. The van der Waals surface area contributed by atoms with Gasteiger partial charge in [-0.15, -0.1) is 0 Å². The number of carbonyl (C=O) groups excluding carboxylic acids is 1. The Hall–Kier alpha value is -1.67. The molecule has 0 spiro atoms. The van der Waals surface area contributed by atoms with Crippen LogP contribution >= 0.6 is 0 Å². The minimum Gasteiger partial charge on any atom is -0.512 e. The van der Waals surface area contributed by atoms with Crippen molar-refractivity contribution >= 4 is 17.7 Å². The smallest absolute Gasteiger partial charge is 0.356 e. The maximum absolute atomic E-state index is 10.4. The molecule has 9 nitrogen and oxygen atoms in total. The first-order chi connectivity index (χ1) is 14.2. The molecule has 0 amide bonds. The molecule has 2 heterocycles. The molecule has 193 valence electrons. The molecule has 0 aliphatic rings. The fraction of sp³-hybridized carbons (Fsp3) is 0.333. The molecule has 2 rings (SSSR count). The van der Waals surface area contributed by atoms with Gasteiger partial charge in [-0.05, 0) is 32.9 Å². The van der Waals surface area contributed by atoms with Crippen molar-refractivity contribution in [2.45, 2.75) is 48.5 Å². The minimum absolute atomic E-state index is 0. The van der Waals surface area contributed by atoms with Gasteiger partial charge in [-0.25, -0.2) is 19.6 Å². The van der Waals surface area contributed by atoms with Gasteiger partial charge < -0.3 is 15.3 Å². The number of pyridine rings is 1. The Bertz CT molecular complexity index is 724. The molecule has 0 atom stereocenters. The molecule has 0 saturated carbocycles. The summed E-state index contributed by atoms with van der Waals surface area (Å²) in [5.74, 6) is -2.01. The number of aliphatic hydroxyl groups is 1. The van der Waals surface area contributed by atoms with Crippen molar-refractivity contribution in [3.63, 3.8) is 0 Å². The first-order valence-electron chi connectivity index (χ1n) is 9.17. The summed E-state index contributed by atoms with van der Waals surface area (Å²) in [5.41, 5.74) is 0.486. The molecule has 12 heteroatoms. The van der Waals surface area contributed by atoms with Crippen molar-refractivity contribution in [3.05, 3.63) is 65.7 Å². The van der Waals surface area contributed by atoms with Crippen LogP contribution in [0.4, 0.5) is 0 Å². The Labute approximate surface area is 235 Å². The van der Waals surface area contributed by atoms with E-state index in [9.17, 15) is 14.4 Å². The summed E-state index contributed by atoms with van der Waals surface area (Å²) in [6, 6.07) is 4.76. The number of allylic oxidation sites excluding steroid dienone is 2. The molecular formula is C21H31Ir3N3O6. The van der Waals surface area contributed by atoms with Crippen LogP contribution in [0.15, 0.2) is 54.3 Å². The fourth-order valence-corrected chi connectivity index (χ4v) is 1.15. The topological polar surface area (TPSA) is 151 Å². The number of Topliss-reactive ketones (excluding diaryl/α,β-unsaturated/α-hetero) is 1. The van der Waals surface area contributed by atoms with E-state index in [-0.39, 0.29) is 83.2 Å². The van der Waals surface area contributed by atoms with Crippen molar-refractivity contribution in [1.82, 2.24) is 15.0 Å². The van der Waals surface area contributed by atoms with Gasteiger partial charge in [0, 0.05) is 84.5 Å². The summed E-state index contributed by atoms with van der Waals surface area (Å²) < 4.78 is 0. The van der Waals surface area contributed by atoms with Crippen LogP contribution < -0.4 is 0 Å². The number of aliphatic hydroxyl groups excluding tert-OH is 1. The zero-order valence-corrected chi connectivity index (χ0v) is 26.6. The zero-order valence-electron chi connectivity index (χ0n) is 19.4. The number of carboxylic acids is 2. The van der Waals surface area contributed by atoms with Gasteiger partial charge >= 0.3 is 11.9 Å². The minimum atomic E-state index is -1.05. The second-order valence-electron chi connectivity index (χ2n) is 4.68. The standard InChI is InChI=1S/C6H5NO2.C6H10O2.C5H4N2O2.2C2H6.3Ir/c8-6(9)5-3-1-2-4-7-5;1-4(5(2)7)6(3)8;8-5(9)4-3-6-1-2-7-4;2*1-2;;;/h1-4H,(H,8,9);7H,1-3H3;1-3H,(H,8,9);2*1-2H3;;;. The third-order valence-electron chi connectivity index (χ3n) is 2.74. The Morgan fingerprint density at radius 1 is 0.697 bits per heavy atom. The molecule has 0 aliphatic carbocycles. The van der Waals surface area contributed by atoms with Crippen LogP contribution in [-0.4, -0.2) is 48.0 Å². The van der Waals surface area contributed by atoms with Crippen LogP contribution in [0.3, 0.4) is 0 Å². The number of ketones is 1. The van der Waals surface area contributed by atoms with Gasteiger partial charge in [-0.1, -0.05) is 33.8 Å². The van der Waals surface area contributed by atoms with Crippen LogP contribution in [0.2, 0.25) is 0 Å². The number of carboxylic acid groups (broad SMARTS) is 2. The molecule has 0 saturated heterocycles. The Morgan fingerprint density at radius 2 is 1.15 bits per heavy atom. The monoisotopic (exact) mass is 1000 g/mol. The number of carbonyl (C=O) groups is 3. The number of aromatic carboxylic acids is 2. The van der Waals surface area contributed by atoms with E-state index in [0.29, 0.717) is 5.57 Å². The predicted octanol–water partition coefficient (Wildman–Crippen LogP) is 4.43. The van der Waals surface area contributed by atoms with Gasteiger partial charge in [-0.3, -0.25) is 9.78 Å². The Balaban J connectivity index is -0.0000000739. The maximum atomic E-state index is 10.4. The molecule has 2 aromatic heterocycles. The number of aromatic nitrogens is 3. The SMILES string of the molecule is CC.CC.CC(=O)C(C)=C(C)O.O=C(O)c1ccccn1.O=C(O)c1cnccn1.[Ir].[Ir].[Ir]. The molecule has 3 radical (unpaired) electrons. The molecule has 0 fully saturated rings. The Kier molecular flexibility index (Phi) is 41.3. The third-order valence-corrected chi connectivity index (χ3v) is 2.74. The van der Waals surface area contributed by atoms with Crippen LogP contribution in [0.25, 0.3) is 0 Å². The number of rotatable bonds is 3. The first-order valence-corrected chi connectivity index (χ1v) is 9.17. The van der Waals surface area contributed by atoms with E-state index in [0.717, 1.165) is 0 Å². The van der Waals surface area contributed by atoms with Gasteiger partial charge in [0.2, 0.25) is 0 Å². The van der Waals surface area contributed by atoms with E-state index in [2.05, 4.69) is 15.0 Å². The number of nitrogens with zero attached hydrogens (tertiary/aromatic N) is 3. The number of hydrogen-bond acceptors (Lipinski definition) is 7. The van der Waals surface area contributed by atoms with Crippen molar-refractivity contribution < 1.29 is 90.0 Å². The first kappa shape index (κ1) is 44.9. The average Bonchev–Trinajstić information content (AvgIpc) is 2.78. The second kappa shape index (κ2) is 30.3. The maximum Gasteiger partial charge on any atom is 0.356 e. The number of hydrogen-bond donors (Lipinski definition) is 3. The molecular weight excluding hydrogens is 967 g/mol. The van der Waals surface area contributed by atoms with Crippen molar-refractivity contribution in [1.29, 1.82) is 0 Å². The van der Waals surface area contributed by atoms with E-state index in [4.69, 9.17) is 15.3 Å². The third kappa shape index (κ3) is 26.5. The van der Waals surface area contributed by atoms with Gasteiger partial charge in [0.05, 0.1) is 12.0 Å². The summed E-state index contributed by atoms with van der Waals surface area (Å²) in [5, 5.41) is 25.3. The van der Waals surface area contributed by atoms with Crippen LogP contribution in [-0.2, 0) is 65.1 Å². The second-order valence-corrected chi connectivity index (χ2v) is 4.68. The molecule has 0 aromatic carbocycles. The largest absolute Gasteiger partial charge is 0.512 e. The quantitative estimate of drug-likeness (QED) is 0.300. The van der Waals surface area contributed by atoms with Gasteiger partial charge in [-0.2, -0.15) is 0 Å². The van der Waals surface area contributed by atoms with Gasteiger partial charge in [0.25, 0.3) is 0 Å². The summed E-state index contributed by atoms with van der Waals surface area (Å²) >= 11 is 0. The molecule has 33 heavy (non-hydrogen) atoms. The fourth-order valence-electron chi connectivity index (χ4n) is 1.15. The molecule has 2 aromatic rings. The normalized spacial score (nSPS) is 8.33. The van der Waals surface area contributed by atoms with Crippen molar-refractivity contribution in [2.24, 2.45) is 0 Å². The van der Waals surface area contributed by atoms with Crippen LogP contribution in [0, 0.1) is 0 Å². The summed E-state index contributed by atoms with van der Waals surface area (Å²) in [7, 11) is 0. The van der Waals surface area contributed by atoms with Gasteiger partial charge in [0.1, 0.15) is 5.69 Å². The zero-order chi connectivity index (χ0) is 24.1. The average molecular weight is 998 g/mol. The predicted molar refractivity (Wildman–Crippen MR) is 115 cm³/mol. The van der Waals surface area contributed by atoms with Crippen LogP contribution in [0.1, 0.15) is 69.4 Å². The summed E-state index contributed by atoms with van der Waals surface area (Å²) in [4.78, 5) is 41.3. The van der Waals surface area contributed by atoms with E-state index in [1.165, 1.54) is 44.7 Å². The van der Waals surface area contributed by atoms with Crippen molar-refractivity contribution in [2.75, 3.05) is 0 Å². The summed E-state index contributed by atoms with van der Waals surface area (Å²) in [6.45, 7) is 12.5. The molecule has 3 N–H and O–H groups in total. The van der Waals surface area contributed by atoms with Crippen molar-refractivity contribution in [3.8, 4) is 0 Å². The molecule has 0 aliphatic heterocycles. The van der Waals surface area contributed by atoms with Crippen LogP contribution in [0.5, 0.6) is 0 Å². The van der Waals surface area contributed by atoms with E-state index >= 15 is 0 Å². The van der Waals surface area contributed by atoms with E-state index < -0.39 is 11.9 Å². The summed E-state index contributed by atoms with van der Waals surface area (Å²) in [6.07, 6.45) is 5.40.